The molecule has 1 rings (SSSR count). The molecule has 9 heteroatoms. The van der Waals surface area contributed by atoms with E-state index in [9.17, 15) is 18.5 Å². The van der Waals surface area contributed by atoms with Crippen molar-refractivity contribution < 1.29 is 18.4 Å². The van der Waals surface area contributed by atoms with Crippen LogP contribution in [0.3, 0.4) is 0 Å². The van der Waals surface area contributed by atoms with Crippen molar-refractivity contribution >= 4 is 21.4 Å². The Bertz CT molecular complexity index is 603. The predicted octanol–water partition coefficient (Wildman–Crippen LogP) is 0.960. The number of hydrogen-bond acceptors (Lipinski definition) is 6. The predicted molar refractivity (Wildman–Crippen MR) is 78.3 cm³/mol. The number of rotatable bonds is 8. The van der Waals surface area contributed by atoms with Crippen LogP contribution < -0.4 is 5.73 Å². The fourth-order valence-electron chi connectivity index (χ4n) is 1.79. The van der Waals surface area contributed by atoms with Gasteiger partial charge < -0.3 is 10.8 Å². The fraction of sp³-hybridized carbons (Fsp3) is 0.500. The molecule has 21 heavy (non-hydrogen) atoms. The van der Waals surface area contributed by atoms with Crippen LogP contribution in [0, 0.1) is 10.1 Å². The third-order valence-corrected chi connectivity index (χ3v) is 4.84. The van der Waals surface area contributed by atoms with E-state index in [1.165, 1.54) is 12.1 Å². The Hall–Kier alpha value is -1.71. The minimum absolute atomic E-state index is 0.0551. The van der Waals surface area contributed by atoms with Crippen LogP contribution in [0.25, 0.3) is 0 Å². The van der Waals surface area contributed by atoms with E-state index in [4.69, 9.17) is 10.8 Å². The molecule has 3 N–H and O–H groups in total. The van der Waals surface area contributed by atoms with Crippen molar-refractivity contribution in [2.24, 2.45) is 0 Å². The molecule has 0 aliphatic carbocycles. The third kappa shape index (κ3) is 4.13. The number of nitrogen functional groups attached to an aromatic ring is 1. The summed E-state index contributed by atoms with van der Waals surface area (Å²) in [4.78, 5) is 9.92. The highest BCUT2D eigenvalue weighted by Crippen LogP contribution is 2.26. The summed E-state index contributed by atoms with van der Waals surface area (Å²) in [5.74, 6) is 0. The molecule has 0 aliphatic rings. The van der Waals surface area contributed by atoms with Gasteiger partial charge in [-0.25, -0.2) is 8.42 Å². The van der Waals surface area contributed by atoms with E-state index in [1.54, 1.807) is 0 Å². The number of hydrogen-bond donors (Lipinski definition) is 2. The van der Waals surface area contributed by atoms with Gasteiger partial charge >= 0.3 is 0 Å². The van der Waals surface area contributed by atoms with E-state index in [2.05, 4.69) is 0 Å². The number of nitro groups is 1. The molecule has 0 heterocycles. The Morgan fingerprint density at radius 2 is 2.05 bits per heavy atom. The summed E-state index contributed by atoms with van der Waals surface area (Å²) in [5.41, 5.74) is 4.91. The van der Waals surface area contributed by atoms with Crippen molar-refractivity contribution in [1.29, 1.82) is 0 Å². The Balaban J connectivity index is 3.21. The zero-order valence-electron chi connectivity index (χ0n) is 11.7. The van der Waals surface area contributed by atoms with Crippen LogP contribution in [0.2, 0.25) is 0 Å². The van der Waals surface area contributed by atoms with Gasteiger partial charge in [0.1, 0.15) is 5.69 Å². The number of benzene rings is 1. The molecule has 0 fully saturated rings. The van der Waals surface area contributed by atoms with Crippen molar-refractivity contribution in [1.82, 2.24) is 4.31 Å². The van der Waals surface area contributed by atoms with Gasteiger partial charge in [0.25, 0.3) is 5.69 Å². The highest BCUT2D eigenvalue weighted by molar-refractivity contribution is 7.89. The standard InChI is InChI=1S/C12H19N3O5S/c1-2-3-6-14(7-8-16)21(19,20)10-4-5-11(13)12(9-10)15(17)18/h4-5,9,16H,2-3,6-8,13H2,1H3. The summed E-state index contributed by atoms with van der Waals surface area (Å²) < 4.78 is 26.0. The van der Waals surface area contributed by atoms with Gasteiger partial charge in [-0.15, -0.1) is 0 Å². The monoisotopic (exact) mass is 317 g/mol. The van der Waals surface area contributed by atoms with Gasteiger partial charge in [-0.2, -0.15) is 4.31 Å². The van der Waals surface area contributed by atoms with Gasteiger partial charge in [-0.05, 0) is 18.6 Å². The van der Waals surface area contributed by atoms with Gasteiger partial charge in [0, 0.05) is 19.2 Å². The van der Waals surface area contributed by atoms with E-state index in [-0.39, 0.29) is 30.3 Å². The lowest BCUT2D eigenvalue weighted by Gasteiger charge is -2.21. The van der Waals surface area contributed by atoms with Gasteiger partial charge in [-0.1, -0.05) is 13.3 Å². The van der Waals surface area contributed by atoms with Gasteiger partial charge in [-0.3, -0.25) is 10.1 Å². The van der Waals surface area contributed by atoms with Crippen LogP contribution in [-0.2, 0) is 10.0 Å². The smallest absolute Gasteiger partial charge is 0.293 e. The topological polar surface area (TPSA) is 127 Å². The highest BCUT2D eigenvalue weighted by Gasteiger charge is 2.26. The lowest BCUT2D eigenvalue weighted by atomic mass is 10.3. The zero-order valence-corrected chi connectivity index (χ0v) is 12.5. The number of nitrogens with zero attached hydrogens (tertiary/aromatic N) is 2. The first-order chi connectivity index (χ1) is 9.84. The Morgan fingerprint density at radius 3 is 2.57 bits per heavy atom. The van der Waals surface area contributed by atoms with E-state index in [1.807, 2.05) is 6.92 Å². The fourth-order valence-corrected chi connectivity index (χ4v) is 3.28. The molecule has 0 bridgehead atoms. The average Bonchev–Trinajstić information content (AvgIpc) is 2.43. The Kier molecular flexibility index (Phi) is 6.06. The highest BCUT2D eigenvalue weighted by atomic mass is 32.2. The SMILES string of the molecule is CCCCN(CCO)S(=O)(=O)c1ccc(N)c([N+](=O)[O-])c1. The molecule has 0 aromatic heterocycles. The Labute approximate surface area is 123 Å². The van der Waals surface area contributed by atoms with Crippen molar-refractivity contribution in [3.05, 3.63) is 28.3 Å². The summed E-state index contributed by atoms with van der Waals surface area (Å²) in [6, 6.07) is 3.37. The normalized spacial score (nSPS) is 11.8. The van der Waals surface area contributed by atoms with Crippen molar-refractivity contribution in [3.63, 3.8) is 0 Å². The molecule has 0 unspecified atom stereocenters. The minimum Gasteiger partial charge on any atom is -0.395 e. The zero-order chi connectivity index (χ0) is 16.0. The molecule has 118 valence electrons. The molecular formula is C12H19N3O5S. The molecule has 0 aliphatic heterocycles. The van der Waals surface area contributed by atoms with Crippen molar-refractivity contribution in [2.75, 3.05) is 25.4 Å². The van der Waals surface area contributed by atoms with Crippen LogP contribution in [0.5, 0.6) is 0 Å². The number of nitro benzene ring substituents is 1. The quantitative estimate of drug-likeness (QED) is 0.417. The molecule has 0 spiro atoms. The summed E-state index contributed by atoms with van der Waals surface area (Å²) in [5, 5.41) is 19.8. The minimum atomic E-state index is -3.89. The van der Waals surface area contributed by atoms with E-state index < -0.39 is 20.6 Å². The summed E-state index contributed by atoms with van der Waals surface area (Å²) in [7, 11) is -3.89. The third-order valence-electron chi connectivity index (χ3n) is 2.95. The first kappa shape index (κ1) is 17.3. The maximum Gasteiger partial charge on any atom is 0.293 e. The van der Waals surface area contributed by atoms with Crippen LogP contribution in [0.4, 0.5) is 11.4 Å². The van der Waals surface area contributed by atoms with E-state index >= 15 is 0 Å². The summed E-state index contributed by atoms with van der Waals surface area (Å²) >= 11 is 0. The number of anilines is 1. The summed E-state index contributed by atoms with van der Waals surface area (Å²) in [6.45, 7) is 1.79. The van der Waals surface area contributed by atoms with Crippen LogP contribution >= 0.6 is 0 Å². The second kappa shape index (κ2) is 7.34. The first-order valence-corrected chi connectivity index (χ1v) is 7.93. The van der Waals surface area contributed by atoms with E-state index in [0.717, 1.165) is 16.8 Å². The Morgan fingerprint density at radius 1 is 1.38 bits per heavy atom. The van der Waals surface area contributed by atoms with Gasteiger partial charge in [0.15, 0.2) is 0 Å². The van der Waals surface area contributed by atoms with Gasteiger partial charge in [0.05, 0.1) is 16.4 Å². The molecule has 0 radical (unpaired) electrons. The molecule has 1 aromatic carbocycles. The number of sulfonamides is 1. The van der Waals surface area contributed by atoms with Crippen LogP contribution in [0.15, 0.2) is 23.1 Å². The van der Waals surface area contributed by atoms with Crippen molar-refractivity contribution in [2.45, 2.75) is 24.7 Å². The van der Waals surface area contributed by atoms with Crippen LogP contribution in [0.1, 0.15) is 19.8 Å². The van der Waals surface area contributed by atoms with E-state index in [0.29, 0.717) is 6.42 Å². The maximum absolute atomic E-state index is 12.5. The lowest BCUT2D eigenvalue weighted by molar-refractivity contribution is -0.384. The molecule has 0 saturated heterocycles. The molecule has 0 atom stereocenters. The van der Waals surface area contributed by atoms with Gasteiger partial charge in [0.2, 0.25) is 10.0 Å². The second-order valence-electron chi connectivity index (χ2n) is 4.46. The van der Waals surface area contributed by atoms with Crippen molar-refractivity contribution in [3.8, 4) is 0 Å². The average molecular weight is 317 g/mol. The molecule has 0 saturated carbocycles. The largest absolute Gasteiger partial charge is 0.395 e. The molecule has 8 nitrogen and oxygen atoms in total. The number of aliphatic hydroxyl groups is 1. The lowest BCUT2D eigenvalue weighted by Crippen LogP contribution is -2.34. The molecule has 1 aromatic rings. The number of aliphatic hydroxyl groups excluding tert-OH is 1. The number of unbranched alkanes of at least 4 members (excludes halogenated alkanes) is 1. The first-order valence-electron chi connectivity index (χ1n) is 6.49. The van der Waals surface area contributed by atoms with Crippen LogP contribution in [-0.4, -0.2) is 42.4 Å². The number of nitrogens with two attached hydrogens (primary N) is 1. The second-order valence-corrected chi connectivity index (χ2v) is 6.40. The molecule has 0 amide bonds. The summed E-state index contributed by atoms with van der Waals surface area (Å²) in [6.07, 6.45) is 1.43. The molecular weight excluding hydrogens is 298 g/mol. The maximum atomic E-state index is 12.5.